The number of rotatable bonds is 3. The van der Waals surface area contributed by atoms with Gasteiger partial charge in [0.15, 0.2) is 0 Å². The van der Waals surface area contributed by atoms with Crippen LogP contribution in [0.2, 0.25) is 0 Å². The molecule has 2 N–H and O–H groups in total. The number of hydrogen-bond acceptors (Lipinski definition) is 2. The smallest absolute Gasteiger partial charge is 0.0951 e. The summed E-state index contributed by atoms with van der Waals surface area (Å²) in [7, 11) is 0. The van der Waals surface area contributed by atoms with E-state index in [1.165, 1.54) is 23.2 Å². The minimum Gasteiger partial charge on any atom is -0.330 e. The largest absolute Gasteiger partial charge is 0.330 e. The third-order valence-corrected chi connectivity index (χ3v) is 4.23. The molecular weight excluding hydrogens is 234 g/mol. The molecule has 0 fully saturated rings. The highest BCUT2D eigenvalue weighted by Crippen LogP contribution is 2.30. The lowest BCUT2D eigenvalue weighted by molar-refractivity contribution is 0.419. The normalized spacial score (nSPS) is 20.0. The first-order chi connectivity index (χ1) is 9.29. The molecule has 100 valence electrons. The highest BCUT2D eigenvalue weighted by Gasteiger charge is 2.22. The molecule has 0 bridgehead atoms. The molecular formula is C16H21N3. The van der Waals surface area contributed by atoms with Crippen LogP contribution in [0, 0.1) is 0 Å². The number of benzene rings is 1. The summed E-state index contributed by atoms with van der Waals surface area (Å²) in [4.78, 5) is 4.31. The summed E-state index contributed by atoms with van der Waals surface area (Å²) in [6.07, 6.45) is 8.25. The van der Waals surface area contributed by atoms with Crippen LogP contribution in [0.5, 0.6) is 0 Å². The van der Waals surface area contributed by atoms with Crippen LogP contribution in [-0.2, 0) is 12.8 Å². The molecule has 0 aliphatic heterocycles. The van der Waals surface area contributed by atoms with Crippen molar-refractivity contribution < 1.29 is 0 Å². The van der Waals surface area contributed by atoms with Gasteiger partial charge >= 0.3 is 0 Å². The Morgan fingerprint density at radius 2 is 2.16 bits per heavy atom. The van der Waals surface area contributed by atoms with Gasteiger partial charge in [-0.05, 0) is 36.8 Å². The Labute approximate surface area is 114 Å². The maximum atomic E-state index is 6.18. The first kappa shape index (κ1) is 12.4. The average molecular weight is 255 g/mol. The van der Waals surface area contributed by atoms with E-state index in [-0.39, 0.29) is 6.04 Å². The fraction of sp³-hybridized carbons (Fsp3) is 0.438. The number of aryl methyl sites for hydroxylation is 1. The van der Waals surface area contributed by atoms with Crippen molar-refractivity contribution in [2.45, 2.75) is 44.7 Å². The highest BCUT2D eigenvalue weighted by molar-refractivity contribution is 5.30. The average Bonchev–Trinajstić information content (AvgIpc) is 2.95. The van der Waals surface area contributed by atoms with Crippen molar-refractivity contribution in [1.82, 2.24) is 9.55 Å². The van der Waals surface area contributed by atoms with E-state index in [9.17, 15) is 0 Å². The predicted molar refractivity (Wildman–Crippen MR) is 77.0 cm³/mol. The van der Waals surface area contributed by atoms with Gasteiger partial charge in [-0.1, -0.05) is 31.2 Å². The molecule has 1 aliphatic rings. The summed E-state index contributed by atoms with van der Waals surface area (Å²) >= 11 is 0. The quantitative estimate of drug-likeness (QED) is 0.916. The summed E-state index contributed by atoms with van der Waals surface area (Å²) in [6.45, 7) is 2.12. The number of hydrogen-bond donors (Lipinski definition) is 1. The van der Waals surface area contributed by atoms with Crippen LogP contribution in [0.1, 0.15) is 48.7 Å². The molecule has 0 spiro atoms. The van der Waals surface area contributed by atoms with Gasteiger partial charge < -0.3 is 10.3 Å². The third-order valence-electron chi connectivity index (χ3n) is 4.23. The van der Waals surface area contributed by atoms with Crippen LogP contribution in [0.25, 0.3) is 0 Å². The Morgan fingerprint density at radius 1 is 1.37 bits per heavy atom. The lowest BCUT2D eigenvalue weighted by atomic mass is 9.88. The number of aromatic nitrogens is 2. The van der Waals surface area contributed by atoms with Gasteiger partial charge in [0.05, 0.1) is 12.0 Å². The van der Waals surface area contributed by atoms with Crippen molar-refractivity contribution in [3.8, 4) is 0 Å². The standard InChI is InChI=1S/C16H21N3/c1-2-15(17)16-10-18-11-19(16)14-8-7-12-5-3-4-6-13(12)9-14/h3-6,10-11,14-15H,2,7-9,17H2,1H3/t14?,15-/m1/s1. The summed E-state index contributed by atoms with van der Waals surface area (Å²) in [5, 5.41) is 0. The van der Waals surface area contributed by atoms with E-state index in [4.69, 9.17) is 5.73 Å². The van der Waals surface area contributed by atoms with Crippen LogP contribution < -0.4 is 5.73 Å². The zero-order chi connectivity index (χ0) is 13.2. The monoisotopic (exact) mass is 255 g/mol. The van der Waals surface area contributed by atoms with Gasteiger partial charge in [0.2, 0.25) is 0 Å². The van der Waals surface area contributed by atoms with Gasteiger partial charge in [-0.25, -0.2) is 4.98 Å². The molecule has 0 saturated heterocycles. The van der Waals surface area contributed by atoms with E-state index in [1.807, 2.05) is 12.5 Å². The van der Waals surface area contributed by atoms with E-state index < -0.39 is 0 Å². The van der Waals surface area contributed by atoms with E-state index in [0.717, 1.165) is 19.3 Å². The Hall–Kier alpha value is -1.61. The number of nitrogens with zero attached hydrogens (tertiary/aromatic N) is 2. The summed E-state index contributed by atoms with van der Waals surface area (Å²) in [5.41, 5.74) is 10.3. The summed E-state index contributed by atoms with van der Waals surface area (Å²) < 4.78 is 2.30. The molecule has 1 aromatic heterocycles. The van der Waals surface area contributed by atoms with Gasteiger partial charge in [-0.3, -0.25) is 0 Å². The van der Waals surface area contributed by atoms with Crippen molar-refractivity contribution in [2.24, 2.45) is 5.73 Å². The van der Waals surface area contributed by atoms with Crippen molar-refractivity contribution in [3.63, 3.8) is 0 Å². The van der Waals surface area contributed by atoms with Gasteiger partial charge in [0, 0.05) is 18.3 Å². The Kier molecular flexibility index (Phi) is 3.38. The number of nitrogens with two attached hydrogens (primary N) is 1. The zero-order valence-corrected chi connectivity index (χ0v) is 11.4. The maximum absolute atomic E-state index is 6.18. The predicted octanol–water partition coefficient (Wildman–Crippen LogP) is 3.02. The van der Waals surface area contributed by atoms with Gasteiger partial charge in [0.1, 0.15) is 0 Å². The topological polar surface area (TPSA) is 43.8 Å². The molecule has 3 rings (SSSR count). The van der Waals surface area contributed by atoms with E-state index >= 15 is 0 Å². The molecule has 0 radical (unpaired) electrons. The van der Waals surface area contributed by atoms with Crippen molar-refractivity contribution in [3.05, 3.63) is 53.6 Å². The van der Waals surface area contributed by atoms with Crippen LogP contribution in [0.15, 0.2) is 36.8 Å². The lowest BCUT2D eigenvalue weighted by Gasteiger charge is -2.28. The van der Waals surface area contributed by atoms with Crippen molar-refractivity contribution in [2.75, 3.05) is 0 Å². The molecule has 1 aliphatic carbocycles. The van der Waals surface area contributed by atoms with Crippen molar-refractivity contribution in [1.29, 1.82) is 0 Å². The molecule has 0 saturated carbocycles. The second kappa shape index (κ2) is 5.17. The van der Waals surface area contributed by atoms with Gasteiger partial charge in [0.25, 0.3) is 0 Å². The Balaban J connectivity index is 1.87. The number of fused-ring (bicyclic) bond motifs is 1. The molecule has 3 heteroatoms. The molecule has 1 unspecified atom stereocenters. The molecule has 3 nitrogen and oxygen atoms in total. The maximum Gasteiger partial charge on any atom is 0.0951 e. The molecule has 2 atom stereocenters. The summed E-state index contributed by atoms with van der Waals surface area (Å²) in [5.74, 6) is 0. The van der Waals surface area contributed by atoms with Crippen LogP contribution >= 0.6 is 0 Å². The fourth-order valence-electron chi connectivity index (χ4n) is 3.03. The van der Waals surface area contributed by atoms with E-state index in [0.29, 0.717) is 6.04 Å². The molecule has 0 amide bonds. The summed E-state index contributed by atoms with van der Waals surface area (Å²) in [6, 6.07) is 9.36. The molecule has 1 heterocycles. The number of imidazole rings is 1. The van der Waals surface area contributed by atoms with E-state index in [2.05, 4.69) is 40.7 Å². The minimum absolute atomic E-state index is 0.0969. The van der Waals surface area contributed by atoms with Crippen LogP contribution in [0.3, 0.4) is 0 Å². The van der Waals surface area contributed by atoms with Gasteiger partial charge in [-0.2, -0.15) is 0 Å². The lowest BCUT2D eigenvalue weighted by Crippen LogP contribution is -2.22. The SMILES string of the molecule is CC[C@@H](N)c1cncn1C1CCc2ccccc2C1. The highest BCUT2D eigenvalue weighted by atomic mass is 15.1. The Bertz CT molecular complexity index is 559. The van der Waals surface area contributed by atoms with Crippen molar-refractivity contribution >= 4 is 0 Å². The molecule has 2 aromatic rings. The second-order valence-electron chi connectivity index (χ2n) is 5.41. The van der Waals surface area contributed by atoms with Gasteiger partial charge in [-0.15, -0.1) is 0 Å². The van der Waals surface area contributed by atoms with Crippen LogP contribution in [-0.4, -0.2) is 9.55 Å². The fourth-order valence-corrected chi connectivity index (χ4v) is 3.03. The first-order valence-corrected chi connectivity index (χ1v) is 7.13. The molecule has 1 aromatic carbocycles. The zero-order valence-electron chi connectivity index (χ0n) is 11.4. The Morgan fingerprint density at radius 3 is 2.95 bits per heavy atom. The van der Waals surface area contributed by atoms with E-state index in [1.54, 1.807) is 0 Å². The first-order valence-electron chi connectivity index (χ1n) is 7.13. The third kappa shape index (κ3) is 2.30. The molecule has 19 heavy (non-hydrogen) atoms. The second-order valence-corrected chi connectivity index (χ2v) is 5.41. The minimum atomic E-state index is 0.0969. The van der Waals surface area contributed by atoms with Crippen LogP contribution in [0.4, 0.5) is 0 Å².